The molecule has 0 aliphatic heterocycles. The van der Waals surface area contributed by atoms with E-state index in [9.17, 15) is 4.39 Å². The molecule has 106 valence electrons. The topological polar surface area (TPSA) is 21.3 Å². The van der Waals surface area contributed by atoms with Crippen molar-refractivity contribution in [3.8, 4) is 5.75 Å². The molecule has 0 amide bonds. The number of ether oxygens (including phenoxy) is 1. The number of anilines is 1. The predicted molar refractivity (Wildman–Crippen MR) is 83.9 cm³/mol. The Balaban J connectivity index is 2.24. The lowest BCUT2D eigenvalue weighted by Gasteiger charge is -2.18. The van der Waals surface area contributed by atoms with Crippen LogP contribution >= 0.6 is 15.9 Å². The maximum Gasteiger partial charge on any atom is 0.141 e. The summed E-state index contributed by atoms with van der Waals surface area (Å²) < 4.78 is 19.1. The number of aryl methyl sites for hydroxylation is 1. The van der Waals surface area contributed by atoms with Gasteiger partial charge in [0.05, 0.1) is 17.3 Å². The third kappa shape index (κ3) is 3.31. The highest BCUT2D eigenvalue weighted by molar-refractivity contribution is 9.10. The summed E-state index contributed by atoms with van der Waals surface area (Å²) in [6.07, 6.45) is 0. The Morgan fingerprint density at radius 3 is 2.60 bits per heavy atom. The molecule has 2 rings (SSSR count). The monoisotopic (exact) mass is 337 g/mol. The molecule has 2 nitrogen and oxygen atoms in total. The molecule has 20 heavy (non-hydrogen) atoms. The van der Waals surface area contributed by atoms with E-state index in [-0.39, 0.29) is 11.9 Å². The minimum Gasteiger partial charge on any atom is -0.495 e. The fraction of sp³-hybridized carbons (Fsp3) is 0.250. The standard InChI is InChI=1S/C16H17BrFNO/c1-10-4-7-16(20-3)15(8-10)19-11(2)12-5-6-14(18)13(17)9-12/h4-9,11,19H,1-3H3. The smallest absolute Gasteiger partial charge is 0.141 e. The molecule has 2 aromatic carbocycles. The largest absolute Gasteiger partial charge is 0.495 e. The first kappa shape index (κ1) is 14.9. The summed E-state index contributed by atoms with van der Waals surface area (Å²) >= 11 is 3.21. The van der Waals surface area contributed by atoms with Crippen LogP contribution in [0.1, 0.15) is 24.1 Å². The van der Waals surface area contributed by atoms with E-state index in [1.54, 1.807) is 19.2 Å². The average molecular weight is 338 g/mol. The van der Waals surface area contributed by atoms with Gasteiger partial charge in [-0.05, 0) is 65.2 Å². The molecule has 1 atom stereocenters. The second-order valence-electron chi connectivity index (χ2n) is 4.74. The number of hydrogen-bond acceptors (Lipinski definition) is 2. The molecule has 0 bridgehead atoms. The number of nitrogens with one attached hydrogen (secondary N) is 1. The van der Waals surface area contributed by atoms with Gasteiger partial charge in [-0.15, -0.1) is 0 Å². The van der Waals surface area contributed by atoms with Crippen LogP contribution < -0.4 is 10.1 Å². The van der Waals surface area contributed by atoms with E-state index in [0.29, 0.717) is 4.47 Å². The van der Waals surface area contributed by atoms with Crippen molar-refractivity contribution in [2.75, 3.05) is 12.4 Å². The van der Waals surface area contributed by atoms with Crippen LogP contribution in [0.3, 0.4) is 0 Å². The van der Waals surface area contributed by atoms with Gasteiger partial charge in [0.1, 0.15) is 11.6 Å². The van der Waals surface area contributed by atoms with Gasteiger partial charge in [-0.3, -0.25) is 0 Å². The lowest BCUT2D eigenvalue weighted by molar-refractivity contribution is 0.416. The lowest BCUT2D eigenvalue weighted by Crippen LogP contribution is -2.08. The van der Waals surface area contributed by atoms with Gasteiger partial charge in [-0.25, -0.2) is 4.39 Å². The first-order valence-electron chi connectivity index (χ1n) is 6.37. The van der Waals surface area contributed by atoms with E-state index < -0.39 is 0 Å². The second-order valence-corrected chi connectivity index (χ2v) is 5.60. The van der Waals surface area contributed by atoms with Crippen LogP contribution in [0, 0.1) is 12.7 Å². The van der Waals surface area contributed by atoms with Crippen molar-refractivity contribution >= 4 is 21.6 Å². The third-order valence-electron chi connectivity index (χ3n) is 3.17. The number of hydrogen-bond donors (Lipinski definition) is 1. The van der Waals surface area contributed by atoms with Gasteiger partial charge >= 0.3 is 0 Å². The molecule has 0 spiro atoms. The molecule has 0 heterocycles. The molecule has 4 heteroatoms. The molecule has 0 fully saturated rings. The van der Waals surface area contributed by atoms with Crippen molar-refractivity contribution in [2.45, 2.75) is 19.9 Å². The van der Waals surface area contributed by atoms with Gasteiger partial charge in [-0.2, -0.15) is 0 Å². The molecule has 0 aliphatic carbocycles. The average Bonchev–Trinajstić information content (AvgIpc) is 2.42. The van der Waals surface area contributed by atoms with E-state index in [1.165, 1.54) is 6.07 Å². The summed E-state index contributed by atoms with van der Waals surface area (Å²) in [6, 6.07) is 11.0. The SMILES string of the molecule is COc1ccc(C)cc1NC(C)c1ccc(F)c(Br)c1. The molecule has 2 aromatic rings. The van der Waals surface area contributed by atoms with E-state index in [1.807, 2.05) is 32.0 Å². The van der Waals surface area contributed by atoms with Crippen LogP contribution in [0.2, 0.25) is 0 Å². The zero-order valence-electron chi connectivity index (χ0n) is 11.7. The Labute approximate surface area is 127 Å². The highest BCUT2D eigenvalue weighted by Gasteiger charge is 2.11. The number of benzene rings is 2. The van der Waals surface area contributed by atoms with Crippen LogP contribution in [-0.2, 0) is 0 Å². The van der Waals surface area contributed by atoms with Crippen molar-refractivity contribution in [1.29, 1.82) is 0 Å². The fourth-order valence-corrected chi connectivity index (χ4v) is 2.43. The molecule has 0 saturated carbocycles. The lowest BCUT2D eigenvalue weighted by atomic mass is 10.1. The summed E-state index contributed by atoms with van der Waals surface area (Å²) in [5.74, 6) is 0.540. The predicted octanol–water partition coefficient (Wildman–Crippen LogP) is 5.08. The quantitative estimate of drug-likeness (QED) is 0.840. The van der Waals surface area contributed by atoms with Crippen molar-refractivity contribution in [3.05, 3.63) is 57.8 Å². The van der Waals surface area contributed by atoms with Gasteiger partial charge < -0.3 is 10.1 Å². The fourth-order valence-electron chi connectivity index (χ4n) is 2.03. The summed E-state index contributed by atoms with van der Waals surface area (Å²) in [5.41, 5.74) is 3.09. The molecule has 0 aromatic heterocycles. The van der Waals surface area contributed by atoms with Crippen molar-refractivity contribution in [1.82, 2.24) is 0 Å². The number of rotatable bonds is 4. The highest BCUT2D eigenvalue weighted by atomic mass is 79.9. The Kier molecular flexibility index (Phi) is 4.65. The minimum atomic E-state index is -0.255. The molecule has 0 aliphatic rings. The van der Waals surface area contributed by atoms with Gasteiger partial charge in [0.15, 0.2) is 0 Å². The van der Waals surface area contributed by atoms with Crippen molar-refractivity contribution in [3.63, 3.8) is 0 Å². The van der Waals surface area contributed by atoms with E-state index in [2.05, 4.69) is 21.2 Å². The van der Waals surface area contributed by atoms with Gasteiger partial charge in [0, 0.05) is 6.04 Å². The normalized spacial score (nSPS) is 12.1. The maximum absolute atomic E-state index is 13.3. The summed E-state index contributed by atoms with van der Waals surface area (Å²) in [7, 11) is 1.65. The molecular weight excluding hydrogens is 321 g/mol. The van der Waals surface area contributed by atoms with Crippen LogP contribution in [0.4, 0.5) is 10.1 Å². The number of methoxy groups -OCH3 is 1. The van der Waals surface area contributed by atoms with Crippen molar-refractivity contribution < 1.29 is 9.13 Å². The number of halogens is 2. The third-order valence-corrected chi connectivity index (χ3v) is 3.78. The van der Waals surface area contributed by atoms with E-state index in [4.69, 9.17) is 4.74 Å². The molecule has 0 radical (unpaired) electrons. The molecule has 1 N–H and O–H groups in total. The van der Waals surface area contributed by atoms with Crippen molar-refractivity contribution in [2.24, 2.45) is 0 Å². The molecular formula is C16H17BrFNO. The first-order valence-corrected chi connectivity index (χ1v) is 7.16. The van der Waals surface area contributed by atoms with E-state index in [0.717, 1.165) is 22.6 Å². The molecule has 0 saturated heterocycles. The van der Waals surface area contributed by atoms with Gasteiger partial charge in [0.25, 0.3) is 0 Å². The van der Waals surface area contributed by atoms with Crippen LogP contribution in [0.25, 0.3) is 0 Å². The molecule has 1 unspecified atom stereocenters. The summed E-state index contributed by atoms with van der Waals surface area (Å²) in [5, 5.41) is 3.40. The van der Waals surface area contributed by atoms with Gasteiger partial charge in [-0.1, -0.05) is 12.1 Å². The Morgan fingerprint density at radius 1 is 1.20 bits per heavy atom. The minimum absolute atomic E-state index is 0.0441. The Bertz CT molecular complexity index is 615. The Hall–Kier alpha value is -1.55. The van der Waals surface area contributed by atoms with Crippen LogP contribution in [0.5, 0.6) is 5.75 Å². The van der Waals surface area contributed by atoms with Crippen LogP contribution in [-0.4, -0.2) is 7.11 Å². The summed E-state index contributed by atoms with van der Waals surface area (Å²) in [4.78, 5) is 0. The first-order chi connectivity index (χ1) is 9.51. The summed E-state index contributed by atoms with van der Waals surface area (Å²) in [6.45, 7) is 4.06. The second kappa shape index (κ2) is 6.27. The van der Waals surface area contributed by atoms with E-state index >= 15 is 0 Å². The zero-order valence-corrected chi connectivity index (χ0v) is 13.3. The maximum atomic E-state index is 13.3. The highest BCUT2D eigenvalue weighted by Crippen LogP contribution is 2.30. The zero-order chi connectivity index (χ0) is 14.7. The Morgan fingerprint density at radius 2 is 1.95 bits per heavy atom. The van der Waals surface area contributed by atoms with Gasteiger partial charge in [0.2, 0.25) is 0 Å². The van der Waals surface area contributed by atoms with Crippen LogP contribution in [0.15, 0.2) is 40.9 Å².